The molecule has 1 saturated heterocycles. The topological polar surface area (TPSA) is 101 Å². The molecule has 1 fully saturated rings. The normalized spacial score (nSPS) is 13.5. The molecule has 0 saturated carbocycles. The molecule has 0 unspecified atom stereocenters. The van der Waals surface area contributed by atoms with Gasteiger partial charge in [-0.25, -0.2) is 0 Å². The third-order valence-electron chi connectivity index (χ3n) is 6.64. The number of ether oxygens (including phenoxy) is 2. The first-order valence-corrected chi connectivity index (χ1v) is 12.8. The van der Waals surface area contributed by atoms with E-state index in [2.05, 4.69) is 15.0 Å². The zero-order valence-electron chi connectivity index (χ0n) is 22.7. The lowest BCUT2D eigenvalue weighted by Gasteiger charge is -2.34. The second-order valence-corrected chi connectivity index (χ2v) is 9.36. The predicted octanol–water partition coefficient (Wildman–Crippen LogP) is 2.99. The fourth-order valence-electron chi connectivity index (χ4n) is 4.44. The van der Waals surface area contributed by atoms with Crippen molar-refractivity contribution in [3.05, 3.63) is 71.4 Å². The van der Waals surface area contributed by atoms with E-state index in [1.165, 1.54) is 0 Å². The summed E-state index contributed by atoms with van der Waals surface area (Å²) in [5.74, 6) is 2.43. The van der Waals surface area contributed by atoms with Crippen molar-refractivity contribution < 1.29 is 23.6 Å². The first kappa shape index (κ1) is 29.9. The maximum atomic E-state index is 12.8. The van der Waals surface area contributed by atoms with Gasteiger partial charge < -0.3 is 23.8 Å². The van der Waals surface area contributed by atoms with Gasteiger partial charge >= 0.3 is 0 Å². The zero-order valence-corrected chi connectivity index (χ0v) is 23.5. The molecule has 39 heavy (non-hydrogen) atoms. The Morgan fingerprint density at radius 1 is 0.974 bits per heavy atom. The molecular weight excluding hydrogens is 522 g/mol. The van der Waals surface area contributed by atoms with Gasteiger partial charge in [-0.05, 0) is 23.3 Å². The molecule has 1 aliphatic heterocycles. The highest BCUT2D eigenvalue weighted by Gasteiger charge is 2.23. The van der Waals surface area contributed by atoms with E-state index in [1.54, 1.807) is 26.2 Å². The molecule has 10 nitrogen and oxygen atoms in total. The third kappa shape index (κ3) is 8.43. The van der Waals surface area contributed by atoms with E-state index in [9.17, 15) is 9.59 Å². The van der Waals surface area contributed by atoms with Crippen LogP contribution in [0.3, 0.4) is 0 Å². The van der Waals surface area contributed by atoms with Gasteiger partial charge in [0.15, 0.2) is 17.3 Å². The average molecular weight is 558 g/mol. The molecule has 0 aliphatic carbocycles. The summed E-state index contributed by atoms with van der Waals surface area (Å²) < 4.78 is 16.0. The summed E-state index contributed by atoms with van der Waals surface area (Å²) in [5, 5.41) is 4.09. The number of nitrogens with zero attached hydrogens (tertiary/aromatic N) is 5. The first-order valence-electron chi connectivity index (χ1n) is 12.8. The lowest BCUT2D eigenvalue weighted by atomic mass is 10.1. The molecule has 1 aliphatic rings. The van der Waals surface area contributed by atoms with E-state index in [0.29, 0.717) is 68.7 Å². The highest BCUT2D eigenvalue weighted by molar-refractivity contribution is 5.85. The average Bonchev–Trinajstić information content (AvgIpc) is 3.39. The van der Waals surface area contributed by atoms with Gasteiger partial charge in [0.2, 0.25) is 17.7 Å². The van der Waals surface area contributed by atoms with Crippen LogP contribution < -0.4 is 9.47 Å². The minimum atomic E-state index is 0. The van der Waals surface area contributed by atoms with Crippen molar-refractivity contribution >= 4 is 24.2 Å². The van der Waals surface area contributed by atoms with E-state index in [1.807, 2.05) is 53.4 Å². The fourth-order valence-corrected chi connectivity index (χ4v) is 4.44. The lowest BCUT2D eigenvalue weighted by Crippen LogP contribution is -2.48. The number of piperazine rings is 1. The molecular formula is C28H36ClN5O5. The molecule has 0 bridgehead atoms. The molecule has 3 aromatic rings. The van der Waals surface area contributed by atoms with Gasteiger partial charge in [0.05, 0.1) is 27.2 Å². The van der Waals surface area contributed by atoms with Crippen LogP contribution in [0.5, 0.6) is 11.5 Å². The van der Waals surface area contributed by atoms with Gasteiger partial charge in [0, 0.05) is 52.6 Å². The van der Waals surface area contributed by atoms with Crippen LogP contribution >= 0.6 is 12.4 Å². The Morgan fingerprint density at radius 3 is 2.38 bits per heavy atom. The number of carbonyl (C=O) groups is 2. The number of carbonyl (C=O) groups excluding carboxylic acids is 2. The Hall–Kier alpha value is -3.63. The summed E-state index contributed by atoms with van der Waals surface area (Å²) in [6.07, 6.45) is 1.03. The van der Waals surface area contributed by atoms with E-state index >= 15 is 0 Å². The molecule has 0 N–H and O–H groups in total. The Kier molecular flexibility index (Phi) is 11.1. The van der Waals surface area contributed by atoms with Crippen molar-refractivity contribution in [1.82, 2.24) is 24.8 Å². The Balaban J connectivity index is 0.00000420. The summed E-state index contributed by atoms with van der Waals surface area (Å²) in [6.45, 7) is 3.84. The van der Waals surface area contributed by atoms with Crippen LogP contribution in [0.1, 0.15) is 29.3 Å². The van der Waals surface area contributed by atoms with Crippen molar-refractivity contribution in [3.63, 3.8) is 0 Å². The van der Waals surface area contributed by atoms with E-state index < -0.39 is 0 Å². The summed E-state index contributed by atoms with van der Waals surface area (Å²) in [5.41, 5.74) is 1.98. The number of benzene rings is 2. The molecule has 11 heteroatoms. The number of halogens is 1. The second-order valence-electron chi connectivity index (χ2n) is 9.36. The molecule has 1 aromatic heterocycles. The first-order chi connectivity index (χ1) is 18.4. The number of aromatic nitrogens is 2. The Bertz CT molecular complexity index is 1210. The van der Waals surface area contributed by atoms with Crippen LogP contribution in [0.15, 0.2) is 53.1 Å². The van der Waals surface area contributed by atoms with Gasteiger partial charge in [0.1, 0.15) is 0 Å². The van der Waals surface area contributed by atoms with Gasteiger partial charge in [-0.15, -0.1) is 12.4 Å². The molecule has 0 atom stereocenters. The van der Waals surface area contributed by atoms with Crippen LogP contribution in [0.25, 0.3) is 0 Å². The Morgan fingerprint density at radius 2 is 1.69 bits per heavy atom. The van der Waals surface area contributed by atoms with Gasteiger partial charge in [-0.2, -0.15) is 4.98 Å². The SMILES string of the molecule is COc1ccc(CC(=O)N2CCN(Cc3noc(CCC(=O)N(C)Cc4ccccc4)n3)CC2)cc1OC.Cl. The predicted molar refractivity (Wildman–Crippen MR) is 148 cm³/mol. The second kappa shape index (κ2) is 14.5. The van der Waals surface area contributed by atoms with Crippen molar-refractivity contribution in [2.45, 2.75) is 32.4 Å². The zero-order chi connectivity index (χ0) is 26.9. The van der Waals surface area contributed by atoms with Crippen molar-refractivity contribution in [2.75, 3.05) is 47.4 Å². The molecule has 2 heterocycles. The Labute approximate surface area is 235 Å². The van der Waals surface area contributed by atoms with Gasteiger partial charge in [0.25, 0.3) is 0 Å². The summed E-state index contributed by atoms with van der Waals surface area (Å²) in [6, 6.07) is 15.4. The molecule has 2 amide bonds. The number of rotatable bonds is 11. The fraction of sp³-hybridized carbons (Fsp3) is 0.429. The number of hydrogen-bond acceptors (Lipinski definition) is 8. The number of aryl methyl sites for hydroxylation is 1. The van der Waals surface area contributed by atoms with Gasteiger partial charge in [-0.3, -0.25) is 14.5 Å². The van der Waals surface area contributed by atoms with Crippen molar-refractivity contribution in [2.24, 2.45) is 0 Å². The summed E-state index contributed by atoms with van der Waals surface area (Å²) in [4.78, 5) is 35.6. The largest absolute Gasteiger partial charge is 0.493 e. The van der Waals surface area contributed by atoms with Crippen LogP contribution in [-0.4, -0.2) is 84.1 Å². The van der Waals surface area contributed by atoms with E-state index in [-0.39, 0.29) is 24.2 Å². The molecule has 0 spiro atoms. The minimum absolute atomic E-state index is 0. The maximum Gasteiger partial charge on any atom is 0.227 e. The van der Waals surface area contributed by atoms with E-state index in [4.69, 9.17) is 14.0 Å². The lowest BCUT2D eigenvalue weighted by molar-refractivity contribution is -0.132. The van der Waals surface area contributed by atoms with Crippen LogP contribution in [0, 0.1) is 0 Å². The maximum absolute atomic E-state index is 12.8. The molecule has 2 aromatic carbocycles. The summed E-state index contributed by atoms with van der Waals surface area (Å²) in [7, 11) is 4.97. The van der Waals surface area contributed by atoms with Gasteiger partial charge in [-0.1, -0.05) is 41.6 Å². The number of amides is 2. The number of hydrogen-bond donors (Lipinski definition) is 0. The molecule has 4 rings (SSSR count). The molecule has 210 valence electrons. The highest BCUT2D eigenvalue weighted by Crippen LogP contribution is 2.28. The monoisotopic (exact) mass is 557 g/mol. The van der Waals surface area contributed by atoms with Crippen molar-refractivity contribution in [3.8, 4) is 11.5 Å². The van der Waals surface area contributed by atoms with E-state index in [0.717, 1.165) is 24.2 Å². The minimum Gasteiger partial charge on any atom is -0.493 e. The highest BCUT2D eigenvalue weighted by atomic mass is 35.5. The van der Waals surface area contributed by atoms with Crippen LogP contribution in [0.2, 0.25) is 0 Å². The third-order valence-corrected chi connectivity index (χ3v) is 6.64. The smallest absolute Gasteiger partial charge is 0.227 e. The quantitative estimate of drug-likeness (QED) is 0.355. The standard InChI is InChI=1S/C28H35N5O5.ClH/c1-31(19-21-7-5-4-6-8-21)27(34)12-11-26-29-25(30-38-26)20-32-13-15-33(16-14-32)28(35)18-22-9-10-23(36-2)24(17-22)37-3;/h4-10,17H,11-16,18-20H2,1-3H3;1H. The van der Waals surface area contributed by atoms with Crippen LogP contribution in [-0.2, 0) is 35.5 Å². The number of methoxy groups -OCH3 is 2. The molecule has 0 radical (unpaired) electrons. The van der Waals surface area contributed by atoms with Crippen molar-refractivity contribution in [1.29, 1.82) is 0 Å². The summed E-state index contributed by atoms with van der Waals surface area (Å²) >= 11 is 0. The van der Waals surface area contributed by atoms with Crippen LogP contribution in [0.4, 0.5) is 0 Å².